The van der Waals surface area contributed by atoms with E-state index in [1.54, 1.807) is 0 Å². The minimum absolute atomic E-state index is 0.237. The van der Waals surface area contributed by atoms with Crippen molar-refractivity contribution in [2.75, 3.05) is 24.7 Å². The van der Waals surface area contributed by atoms with Crippen molar-refractivity contribution in [3.63, 3.8) is 0 Å². The van der Waals surface area contributed by atoms with Gasteiger partial charge in [-0.15, -0.1) is 0 Å². The molecule has 0 bridgehead atoms. The molecule has 2 rings (SSSR count). The molecule has 0 fully saturated rings. The fourth-order valence-corrected chi connectivity index (χ4v) is 2.26. The first-order valence-electron chi connectivity index (χ1n) is 6.96. The first-order valence-corrected chi connectivity index (χ1v) is 6.96. The molecular formula is C14H17F3N4O3. The Morgan fingerprint density at radius 2 is 2.04 bits per heavy atom. The molecule has 1 aliphatic carbocycles. The lowest BCUT2D eigenvalue weighted by Crippen LogP contribution is -2.21. The van der Waals surface area contributed by atoms with E-state index in [9.17, 15) is 13.2 Å². The van der Waals surface area contributed by atoms with Gasteiger partial charge in [0.1, 0.15) is 17.5 Å². The average Bonchev–Trinajstić information content (AvgIpc) is 2.88. The molecule has 1 aliphatic rings. The van der Waals surface area contributed by atoms with E-state index in [-0.39, 0.29) is 5.82 Å². The Hall–Kier alpha value is -2.54. The monoisotopic (exact) mass is 346 g/mol. The summed E-state index contributed by atoms with van der Waals surface area (Å²) in [5, 5.41) is 16.1. The smallest absolute Gasteiger partial charge is 0.475 e. The molecule has 132 valence electrons. The Morgan fingerprint density at radius 3 is 2.50 bits per heavy atom. The highest BCUT2D eigenvalue weighted by atomic mass is 19.4. The van der Waals surface area contributed by atoms with E-state index < -0.39 is 12.1 Å². The number of pyridine rings is 1. The Balaban J connectivity index is 0.000000351. The number of nitriles is 1. The molecule has 5 N–H and O–H groups in total. The zero-order valence-corrected chi connectivity index (χ0v) is 12.9. The van der Waals surface area contributed by atoms with Crippen molar-refractivity contribution < 1.29 is 27.8 Å². The number of carbonyl (C=O) groups is 1. The molecule has 0 radical (unpaired) electrons. The van der Waals surface area contributed by atoms with Gasteiger partial charge in [0.15, 0.2) is 0 Å². The summed E-state index contributed by atoms with van der Waals surface area (Å²) < 4.78 is 37.1. The van der Waals surface area contributed by atoms with E-state index in [0.29, 0.717) is 30.4 Å². The van der Waals surface area contributed by atoms with Crippen molar-refractivity contribution in [2.45, 2.75) is 25.9 Å². The van der Waals surface area contributed by atoms with Gasteiger partial charge in [0.25, 0.3) is 0 Å². The van der Waals surface area contributed by atoms with Gasteiger partial charge in [0.2, 0.25) is 0 Å². The molecule has 0 aliphatic heterocycles. The predicted octanol–water partition coefficient (Wildman–Crippen LogP) is 1.50. The number of carboxylic acid groups (broad SMARTS) is 1. The molecule has 1 aromatic rings. The minimum atomic E-state index is -5.08. The molecule has 1 aromatic heterocycles. The molecule has 1 atom stereocenters. The van der Waals surface area contributed by atoms with Crippen molar-refractivity contribution in [1.82, 2.24) is 4.98 Å². The second kappa shape index (κ2) is 7.83. The summed E-state index contributed by atoms with van der Waals surface area (Å²) in [6, 6.07) is 2.01. The second-order valence-corrected chi connectivity index (χ2v) is 5.06. The van der Waals surface area contributed by atoms with Crippen LogP contribution in [0.4, 0.5) is 24.7 Å². The molecule has 0 amide bonds. The van der Waals surface area contributed by atoms with E-state index >= 15 is 0 Å². The summed E-state index contributed by atoms with van der Waals surface area (Å²) in [6.45, 7) is 3.38. The zero-order valence-electron chi connectivity index (χ0n) is 12.9. The molecule has 1 unspecified atom stereocenters. The lowest BCUT2D eigenvalue weighted by molar-refractivity contribution is -0.192. The van der Waals surface area contributed by atoms with Crippen LogP contribution in [0.1, 0.15) is 23.7 Å². The number of rotatable bonds is 3. The third-order valence-electron chi connectivity index (χ3n) is 3.34. The molecular weight excluding hydrogens is 329 g/mol. The van der Waals surface area contributed by atoms with Crippen LogP contribution in [-0.4, -0.2) is 35.4 Å². The number of nitrogen functional groups attached to an aromatic ring is 2. The van der Waals surface area contributed by atoms with Gasteiger partial charge in [-0.3, -0.25) is 0 Å². The number of fused-ring (bicyclic) bond motifs is 1. The van der Waals surface area contributed by atoms with E-state index in [1.807, 2.05) is 13.0 Å². The maximum absolute atomic E-state index is 10.6. The maximum atomic E-state index is 10.6. The van der Waals surface area contributed by atoms with Crippen LogP contribution < -0.4 is 11.5 Å². The quantitative estimate of drug-likeness (QED) is 0.754. The Morgan fingerprint density at radius 1 is 1.46 bits per heavy atom. The summed E-state index contributed by atoms with van der Waals surface area (Å²) in [6.07, 6.45) is -3.43. The van der Waals surface area contributed by atoms with E-state index in [0.717, 1.165) is 24.1 Å². The molecule has 10 heteroatoms. The van der Waals surface area contributed by atoms with Gasteiger partial charge >= 0.3 is 12.1 Å². The summed E-state index contributed by atoms with van der Waals surface area (Å²) in [5.41, 5.74) is 14.4. The highest BCUT2D eigenvalue weighted by Gasteiger charge is 2.38. The van der Waals surface area contributed by atoms with Crippen LogP contribution in [0.15, 0.2) is 0 Å². The lowest BCUT2D eigenvalue weighted by Gasteiger charge is -2.08. The number of nitrogens with two attached hydrogens (primary N) is 2. The number of aliphatic carboxylic acids is 1. The van der Waals surface area contributed by atoms with E-state index in [2.05, 4.69) is 4.98 Å². The lowest BCUT2D eigenvalue weighted by atomic mass is 10.1. The van der Waals surface area contributed by atoms with Crippen LogP contribution in [0, 0.1) is 17.2 Å². The van der Waals surface area contributed by atoms with Gasteiger partial charge in [-0.05, 0) is 31.2 Å². The summed E-state index contributed by atoms with van der Waals surface area (Å²) in [5.74, 6) is -2.12. The van der Waals surface area contributed by atoms with Crippen LogP contribution >= 0.6 is 0 Å². The zero-order chi connectivity index (χ0) is 18.5. The van der Waals surface area contributed by atoms with Gasteiger partial charge in [0, 0.05) is 12.3 Å². The number of halogens is 3. The van der Waals surface area contributed by atoms with Gasteiger partial charge < -0.3 is 21.3 Å². The molecule has 0 spiro atoms. The number of alkyl halides is 3. The third-order valence-corrected chi connectivity index (χ3v) is 3.34. The highest BCUT2D eigenvalue weighted by molar-refractivity contribution is 5.73. The van der Waals surface area contributed by atoms with Crippen molar-refractivity contribution in [3.8, 4) is 6.07 Å². The molecule has 0 saturated carbocycles. The highest BCUT2D eigenvalue weighted by Crippen LogP contribution is 2.33. The van der Waals surface area contributed by atoms with Crippen molar-refractivity contribution in [1.29, 1.82) is 5.26 Å². The van der Waals surface area contributed by atoms with Crippen molar-refractivity contribution in [3.05, 3.63) is 16.8 Å². The van der Waals surface area contributed by atoms with Crippen LogP contribution in [0.2, 0.25) is 0 Å². The van der Waals surface area contributed by atoms with Gasteiger partial charge in [-0.25, -0.2) is 9.78 Å². The Bertz CT molecular complexity index is 656. The minimum Gasteiger partial charge on any atom is -0.475 e. The fraction of sp³-hybridized carbons (Fsp3) is 0.500. The number of hydrogen-bond acceptors (Lipinski definition) is 6. The summed E-state index contributed by atoms with van der Waals surface area (Å²) in [7, 11) is 0. The molecule has 7 nitrogen and oxygen atoms in total. The molecule has 0 aromatic carbocycles. The molecule has 24 heavy (non-hydrogen) atoms. The topological polar surface area (TPSA) is 135 Å². The fourth-order valence-electron chi connectivity index (χ4n) is 2.26. The van der Waals surface area contributed by atoms with E-state index in [1.165, 1.54) is 0 Å². The summed E-state index contributed by atoms with van der Waals surface area (Å²) >= 11 is 0. The molecule has 1 heterocycles. The van der Waals surface area contributed by atoms with E-state index in [4.69, 9.17) is 31.4 Å². The second-order valence-electron chi connectivity index (χ2n) is 5.06. The normalized spacial score (nSPS) is 15.9. The van der Waals surface area contributed by atoms with Gasteiger partial charge in [-0.2, -0.15) is 18.4 Å². The number of hydrogen-bond donors (Lipinski definition) is 3. The first-order chi connectivity index (χ1) is 11.1. The average molecular weight is 346 g/mol. The standard InChI is InChI=1S/C12H16N4O.C2HF3O2/c1-2-17-6-7-3-8-10(4-7)16-12(15)9(5-13)11(8)14;3-2(4,5)1(6)7/h7H,2-4,6H2,1H3,(H4,14,15,16);(H,6,7). The third kappa shape index (κ3) is 4.73. The van der Waals surface area contributed by atoms with Crippen LogP contribution in [0.25, 0.3) is 0 Å². The van der Waals surface area contributed by atoms with Crippen LogP contribution in [0.3, 0.4) is 0 Å². The largest absolute Gasteiger partial charge is 0.490 e. The van der Waals surface area contributed by atoms with Crippen LogP contribution in [-0.2, 0) is 22.4 Å². The number of ether oxygens (including phenoxy) is 1. The number of anilines is 2. The Labute approximate surface area is 136 Å². The summed E-state index contributed by atoms with van der Waals surface area (Å²) in [4.78, 5) is 13.2. The molecule has 0 saturated heterocycles. The Kier molecular flexibility index (Phi) is 6.36. The number of carboxylic acids is 1. The van der Waals surface area contributed by atoms with Gasteiger partial charge in [0.05, 0.1) is 12.3 Å². The SMILES string of the molecule is CCOCC1Cc2nc(N)c(C#N)c(N)c2C1.O=C(O)C(F)(F)F. The van der Waals surface area contributed by atoms with Crippen molar-refractivity contribution in [2.24, 2.45) is 5.92 Å². The van der Waals surface area contributed by atoms with Crippen molar-refractivity contribution >= 4 is 17.5 Å². The number of aromatic nitrogens is 1. The maximum Gasteiger partial charge on any atom is 0.490 e. The van der Waals surface area contributed by atoms with Gasteiger partial charge in [-0.1, -0.05) is 0 Å². The number of nitrogens with zero attached hydrogens (tertiary/aromatic N) is 2. The predicted molar refractivity (Wildman–Crippen MR) is 78.9 cm³/mol. The first kappa shape index (κ1) is 19.5. The van der Waals surface area contributed by atoms with Crippen LogP contribution in [0.5, 0.6) is 0 Å².